The second-order valence-electron chi connectivity index (χ2n) is 4.46. The number of hydrogen-bond acceptors (Lipinski definition) is 1. The molecule has 2 nitrogen and oxygen atoms in total. The predicted octanol–water partition coefficient (Wildman–Crippen LogP) is 3.44. The summed E-state index contributed by atoms with van der Waals surface area (Å²) in [5, 5.41) is 3.06. The first-order chi connectivity index (χ1) is 7.83. The Morgan fingerprint density at radius 2 is 2.00 bits per heavy atom. The van der Waals surface area contributed by atoms with Crippen LogP contribution in [0.2, 0.25) is 0 Å². The summed E-state index contributed by atoms with van der Waals surface area (Å²) in [5.41, 5.74) is 2.05. The van der Waals surface area contributed by atoms with Crippen LogP contribution in [0.15, 0.2) is 24.3 Å². The number of fused-ring (bicyclic) bond motifs is 1. The van der Waals surface area contributed by atoms with E-state index in [4.69, 9.17) is 0 Å². The zero-order valence-corrected chi connectivity index (χ0v) is 9.83. The highest BCUT2D eigenvalue weighted by Gasteiger charge is 2.26. The SMILES string of the molecule is CCCCCCC1NC(=O)c2ccccc21. The molecule has 2 rings (SSSR count). The van der Waals surface area contributed by atoms with Gasteiger partial charge in [-0.1, -0.05) is 50.8 Å². The Hall–Kier alpha value is -1.31. The minimum absolute atomic E-state index is 0.0936. The lowest BCUT2D eigenvalue weighted by Gasteiger charge is -2.10. The summed E-state index contributed by atoms with van der Waals surface area (Å²) >= 11 is 0. The molecule has 1 amide bonds. The average molecular weight is 217 g/mol. The van der Waals surface area contributed by atoms with Crippen LogP contribution < -0.4 is 5.32 Å². The van der Waals surface area contributed by atoms with E-state index in [0.717, 1.165) is 12.0 Å². The van der Waals surface area contributed by atoms with Crippen molar-refractivity contribution >= 4 is 5.91 Å². The van der Waals surface area contributed by atoms with Crippen LogP contribution in [0.25, 0.3) is 0 Å². The highest BCUT2D eigenvalue weighted by atomic mass is 16.2. The first-order valence-corrected chi connectivity index (χ1v) is 6.22. The molecule has 0 saturated carbocycles. The number of carbonyl (C=O) groups is 1. The van der Waals surface area contributed by atoms with Gasteiger partial charge in [0.1, 0.15) is 0 Å². The Labute approximate surface area is 97.1 Å². The number of nitrogens with one attached hydrogen (secondary N) is 1. The Morgan fingerprint density at radius 1 is 1.19 bits per heavy atom. The fraction of sp³-hybridized carbons (Fsp3) is 0.500. The molecule has 1 N–H and O–H groups in total. The van der Waals surface area contributed by atoms with E-state index in [1.54, 1.807) is 0 Å². The predicted molar refractivity (Wildman–Crippen MR) is 65.4 cm³/mol. The van der Waals surface area contributed by atoms with Gasteiger partial charge in [0.15, 0.2) is 0 Å². The van der Waals surface area contributed by atoms with Crippen molar-refractivity contribution in [2.24, 2.45) is 0 Å². The zero-order chi connectivity index (χ0) is 11.4. The van der Waals surface area contributed by atoms with Gasteiger partial charge in [0.25, 0.3) is 5.91 Å². The molecule has 1 heterocycles. The Morgan fingerprint density at radius 3 is 2.81 bits per heavy atom. The van der Waals surface area contributed by atoms with Crippen LogP contribution in [-0.2, 0) is 0 Å². The molecule has 16 heavy (non-hydrogen) atoms. The second-order valence-corrected chi connectivity index (χ2v) is 4.46. The Bertz CT molecular complexity index is 373. The van der Waals surface area contributed by atoms with Crippen LogP contribution in [0.4, 0.5) is 0 Å². The van der Waals surface area contributed by atoms with Crippen LogP contribution in [0, 0.1) is 0 Å². The molecule has 1 atom stereocenters. The minimum Gasteiger partial charge on any atom is -0.345 e. The summed E-state index contributed by atoms with van der Waals surface area (Å²) in [7, 11) is 0. The van der Waals surface area contributed by atoms with Gasteiger partial charge in [0.2, 0.25) is 0 Å². The van der Waals surface area contributed by atoms with Crippen LogP contribution in [0.5, 0.6) is 0 Å². The van der Waals surface area contributed by atoms with Crippen LogP contribution in [-0.4, -0.2) is 5.91 Å². The average Bonchev–Trinajstić information content (AvgIpc) is 2.63. The van der Waals surface area contributed by atoms with Gasteiger partial charge < -0.3 is 5.32 Å². The molecule has 1 aliphatic heterocycles. The molecular weight excluding hydrogens is 198 g/mol. The van der Waals surface area contributed by atoms with Crippen molar-refractivity contribution in [2.75, 3.05) is 0 Å². The number of hydrogen-bond donors (Lipinski definition) is 1. The lowest BCUT2D eigenvalue weighted by atomic mass is 10.00. The number of benzene rings is 1. The zero-order valence-electron chi connectivity index (χ0n) is 9.83. The molecule has 86 valence electrons. The highest BCUT2D eigenvalue weighted by Crippen LogP contribution is 2.28. The number of amides is 1. The van der Waals surface area contributed by atoms with Crippen molar-refractivity contribution in [1.29, 1.82) is 0 Å². The van der Waals surface area contributed by atoms with E-state index < -0.39 is 0 Å². The monoisotopic (exact) mass is 217 g/mol. The van der Waals surface area contributed by atoms with Gasteiger partial charge in [0.05, 0.1) is 6.04 Å². The molecular formula is C14H19NO. The Balaban J connectivity index is 1.96. The van der Waals surface area contributed by atoms with Gasteiger partial charge in [-0.05, 0) is 18.1 Å². The summed E-state index contributed by atoms with van der Waals surface area (Å²) in [6.07, 6.45) is 6.09. The third-order valence-corrected chi connectivity index (χ3v) is 3.23. The molecule has 0 aromatic heterocycles. The van der Waals surface area contributed by atoms with E-state index >= 15 is 0 Å². The molecule has 1 aromatic carbocycles. The molecule has 0 bridgehead atoms. The van der Waals surface area contributed by atoms with E-state index in [1.165, 1.54) is 31.2 Å². The van der Waals surface area contributed by atoms with Crippen molar-refractivity contribution in [2.45, 2.75) is 45.1 Å². The highest BCUT2D eigenvalue weighted by molar-refractivity contribution is 5.99. The molecule has 0 radical (unpaired) electrons. The minimum atomic E-state index is 0.0936. The van der Waals surface area contributed by atoms with Crippen LogP contribution in [0.1, 0.15) is 61.0 Å². The van der Waals surface area contributed by atoms with Crippen molar-refractivity contribution in [3.05, 3.63) is 35.4 Å². The summed E-state index contributed by atoms with van der Waals surface area (Å²) in [6, 6.07) is 8.17. The van der Waals surface area contributed by atoms with E-state index in [2.05, 4.69) is 18.3 Å². The van der Waals surface area contributed by atoms with Crippen LogP contribution in [0.3, 0.4) is 0 Å². The van der Waals surface area contributed by atoms with E-state index in [1.807, 2.05) is 18.2 Å². The first kappa shape index (κ1) is 11.2. The Kier molecular flexibility index (Phi) is 3.60. The topological polar surface area (TPSA) is 29.1 Å². The van der Waals surface area contributed by atoms with Gasteiger partial charge >= 0.3 is 0 Å². The molecule has 0 aliphatic carbocycles. The van der Waals surface area contributed by atoms with Crippen LogP contribution >= 0.6 is 0 Å². The quantitative estimate of drug-likeness (QED) is 0.752. The fourth-order valence-electron chi connectivity index (χ4n) is 2.32. The first-order valence-electron chi connectivity index (χ1n) is 6.22. The standard InChI is InChI=1S/C14H19NO/c1-2-3-4-5-10-13-11-8-6-7-9-12(11)14(16)15-13/h6-9,13H,2-5,10H2,1H3,(H,15,16). The fourth-order valence-corrected chi connectivity index (χ4v) is 2.32. The molecule has 0 saturated heterocycles. The van der Waals surface area contributed by atoms with E-state index in [0.29, 0.717) is 0 Å². The maximum Gasteiger partial charge on any atom is 0.252 e. The van der Waals surface area contributed by atoms with Gasteiger partial charge in [-0.25, -0.2) is 0 Å². The van der Waals surface area contributed by atoms with Crippen molar-refractivity contribution in [1.82, 2.24) is 5.32 Å². The van der Waals surface area contributed by atoms with Crippen molar-refractivity contribution in [3.8, 4) is 0 Å². The van der Waals surface area contributed by atoms with Gasteiger partial charge in [-0.2, -0.15) is 0 Å². The summed E-state index contributed by atoms with van der Waals surface area (Å²) in [6.45, 7) is 2.21. The maximum atomic E-state index is 11.7. The number of rotatable bonds is 5. The third kappa shape index (κ3) is 2.26. The summed E-state index contributed by atoms with van der Waals surface area (Å²) < 4.78 is 0. The van der Waals surface area contributed by atoms with Gasteiger partial charge in [-0.15, -0.1) is 0 Å². The molecule has 2 heteroatoms. The van der Waals surface area contributed by atoms with E-state index in [9.17, 15) is 4.79 Å². The largest absolute Gasteiger partial charge is 0.345 e. The summed E-state index contributed by atoms with van der Waals surface area (Å²) in [5.74, 6) is 0.0936. The number of unbranched alkanes of at least 4 members (excludes halogenated alkanes) is 3. The smallest absolute Gasteiger partial charge is 0.252 e. The van der Waals surface area contributed by atoms with E-state index in [-0.39, 0.29) is 11.9 Å². The number of carbonyl (C=O) groups excluding carboxylic acids is 1. The van der Waals surface area contributed by atoms with Crippen molar-refractivity contribution < 1.29 is 4.79 Å². The lowest BCUT2D eigenvalue weighted by Crippen LogP contribution is -2.18. The maximum absolute atomic E-state index is 11.7. The lowest BCUT2D eigenvalue weighted by molar-refractivity contribution is 0.0954. The molecule has 0 fully saturated rings. The van der Waals surface area contributed by atoms with Crippen molar-refractivity contribution in [3.63, 3.8) is 0 Å². The normalized spacial score (nSPS) is 18.3. The molecule has 1 unspecified atom stereocenters. The third-order valence-electron chi connectivity index (χ3n) is 3.23. The molecule has 1 aliphatic rings. The van der Waals surface area contributed by atoms with Gasteiger partial charge in [-0.3, -0.25) is 4.79 Å². The second kappa shape index (κ2) is 5.15. The summed E-state index contributed by atoms with van der Waals surface area (Å²) in [4.78, 5) is 11.7. The molecule has 0 spiro atoms. The molecule has 1 aromatic rings. The van der Waals surface area contributed by atoms with Gasteiger partial charge in [0, 0.05) is 5.56 Å².